The maximum atomic E-state index is 6.08. The fourth-order valence-corrected chi connectivity index (χ4v) is 2.40. The third-order valence-corrected chi connectivity index (χ3v) is 3.88. The first kappa shape index (κ1) is 14.4. The van der Waals surface area contributed by atoms with Gasteiger partial charge in [0.2, 0.25) is 0 Å². The second-order valence-electron chi connectivity index (χ2n) is 5.42. The van der Waals surface area contributed by atoms with Crippen molar-refractivity contribution in [2.45, 2.75) is 32.7 Å². The van der Waals surface area contributed by atoms with Crippen LogP contribution in [-0.4, -0.2) is 26.9 Å². The predicted molar refractivity (Wildman–Crippen MR) is 77.7 cm³/mol. The number of nitrogens with one attached hydrogen (secondary N) is 1. The fourth-order valence-electron chi connectivity index (χ4n) is 2.40. The summed E-state index contributed by atoms with van der Waals surface area (Å²) in [5.74, 6) is 1.65. The van der Waals surface area contributed by atoms with Crippen molar-refractivity contribution >= 4 is 0 Å². The lowest BCUT2D eigenvalue weighted by atomic mass is 10.0. The van der Waals surface area contributed by atoms with Crippen LogP contribution in [0.2, 0.25) is 0 Å². The first-order valence-corrected chi connectivity index (χ1v) is 7.19. The third kappa shape index (κ3) is 3.95. The van der Waals surface area contributed by atoms with Gasteiger partial charge in [-0.1, -0.05) is 12.1 Å². The topological polar surface area (TPSA) is 30.5 Å². The van der Waals surface area contributed by atoms with E-state index in [2.05, 4.69) is 37.4 Å². The maximum Gasteiger partial charge on any atom is 0.124 e. The van der Waals surface area contributed by atoms with Gasteiger partial charge in [-0.05, 0) is 51.3 Å². The molecule has 1 heterocycles. The second-order valence-corrected chi connectivity index (χ2v) is 5.42. The van der Waals surface area contributed by atoms with Gasteiger partial charge in [-0.25, -0.2) is 0 Å². The maximum absolute atomic E-state index is 6.08. The highest BCUT2D eigenvalue weighted by Crippen LogP contribution is 2.27. The van der Waals surface area contributed by atoms with Crippen molar-refractivity contribution in [3.63, 3.8) is 0 Å². The molecule has 1 aliphatic rings. The molecule has 1 aromatic rings. The average Bonchev–Trinajstić information content (AvgIpc) is 2.45. The van der Waals surface area contributed by atoms with Crippen LogP contribution in [0.15, 0.2) is 18.2 Å². The molecule has 1 unspecified atom stereocenters. The van der Waals surface area contributed by atoms with Crippen molar-refractivity contribution in [1.82, 2.24) is 5.32 Å². The summed E-state index contributed by atoms with van der Waals surface area (Å²) in [5, 5.41) is 3.28. The second kappa shape index (κ2) is 6.92. The van der Waals surface area contributed by atoms with E-state index in [0.717, 1.165) is 38.4 Å². The molecule has 106 valence electrons. The Bertz CT molecular complexity index is 400. The number of aryl methyl sites for hydroxylation is 1. The summed E-state index contributed by atoms with van der Waals surface area (Å²) >= 11 is 0. The van der Waals surface area contributed by atoms with Gasteiger partial charge in [-0.15, -0.1) is 0 Å². The summed E-state index contributed by atoms with van der Waals surface area (Å²) in [7, 11) is 1.98. The molecule has 1 aromatic carbocycles. The van der Waals surface area contributed by atoms with Gasteiger partial charge in [0.1, 0.15) is 5.75 Å². The summed E-state index contributed by atoms with van der Waals surface area (Å²) < 4.78 is 11.5. The summed E-state index contributed by atoms with van der Waals surface area (Å²) in [5.41, 5.74) is 2.48. The van der Waals surface area contributed by atoms with Gasteiger partial charge in [0, 0.05) is 24.8 Å². The molecule has 0 spiro atoms. The van der Waals surface area contributed by atoms with Crippen molar-refractivity contribution in [1.29, 1.82) is 0 Å². The van der Waals surface area contributed by atoms with Gasteiger partial charge < -0.3 is 14.8 Å². The zero-order chi connectivity index (χ0) is 13.7. The van der Waals surface area contributed by atoms with Gasteiger partial charge in [0.25, 0.3) is 0 Å². The van der Waals surface area contributed by atoms with Crippen molar-refractivity contribution in [2.75, 3.05) is 26.9 Å². The molecule has 1 atom stereocenters. The first-order valence-electron chi connectivity index (χ1n) is 7.19. The molecule has 0 saturated carbocycles. The molecule has 0 aromatic heterocycles. The number of ether oxygens (including phenoxy) is 2. The normalized spacial score (nSPS) is 18.3. The summed E-state index contributed by atoms with van der Waals surface area (Å²) in [4.78, 5) is 0. The predicted octanol–water partition coefficient (Wildman–Crippen LogP) is 3.08. The Morgan fingerprint density at radius 1 is 1.37 bits per heavy atom. The van der Waals surface area contributed by atoms with Gasteiger partial charge in [-0.3, -0.25) is 0 Å². The van der Waals surface area contributed by atoms with E-state index in [1.54, 1.807) is 0 Å². The van der Waals surface area contributed by atoms with Crippen LogP contribution in [0, 0.1) is 12.8 Å². The molecule has 0 aliphatic carbocycles. The van der Waals surface area contributed by atoms with Crippen molar-refractivity contribution in [3.8, 4) is 5.75 Å². The minimum Gasteiger partial charge on any atom is -0.493 e. The van der Waals surface area contributed by atoms with E-state index in [4.69, 9.17) is 9.47 Å². The van der Waals surface area contributed by atoms with Crippen LogP contribution in [0.25, 0.3) is 0 Å². The molecule has 0 amide bonds. The Labute approximate surface area is 116 Å². The molecule has 3 nitrogen and oxygen atoms in total. The highest BCUT2D eigenvalue weighted by Gasteiger charge is 2.16. The van der Waals surface area contributed by atoms with Crippen molar-refractivity contribution in [2.24, 2.45) is 5.92 Å². The lowest BCUT2D eigenvalue weighted by Gasteiger charge is -2.24. The molecular formula is C16H25NO2. The Morgan fingerprint density at radius 2 is 2.11 bits per heavy atom. The largest absolute Gasteiger partial charge is 0.493 e. The number of rotatable bonds is 5. The zero-order valence-electron chi connectivity index (χ0n) is 12.2. The van der Waals surface area contributed by atoms with Crippen LogP contribution >= 0.6 is 0 Å². The van der Waals surface area contributed by atoms with E-state index in [-0.39, 0.29) is 0 Å². The van der Waals surface area contributed by atoms with Gasteiger partial charge >= 0.3 is 0 Å². The van der Waals surface area contributed by atoms with Crippen LogP contribution < -0.4 is 10.1 Å². The highest BCUT2D eigenvalue weighted by molar-refractivity contribution is 5.39. The SMILES string of the molecule is CNC(C)c1ccc(C)cc1OCC1CCOCC1. The molecule has 0 radical (unpaired) electrons. The summed E-state index contributed by atoms with van der Waals surface area (Å²) in [6, 6.07) is 6.76. The quantitative estimate of drug-likeness (QED) is 0.885. The summed E-state index contributed by atoms with van der Waals surface area (Å²) in [6.45, 7) is 6.82. The number of benzene rings is 1. The van der Waals surface area contributed by atoms with Gasteiger partial charge in [0.15, 0.2) is 0 Å². The lowest BCUT2D eigenvalue weighted by Crippen LogP contribution is -2.22. The average molecular weight is 263 g/mol. The Balaban J connectivity index is 2.02. The van der Waals surface area contributed by atoms with E-state index in [9.17, 15) is 0 Å². The van der Waals surface area contributed by atoms with E-state index >= 15 is 0 Å². The fraction of sp³-hybridized carbons (Fsp3) is 0.625. The molecule has 1 fully saturated rings. The molecule has 1 aliphatic heterocycles. The van der Waals surface area contributed by atoms with Crippen LogP contribution in [0.1, 0.15) is 36.9 Å². The molecule has 0 bridgehead atoms. The van der Waals surface area contributed by atoms with Crippen LogP contribution in [0.4, 0.5) is 0 Å². The number of hydrogen-bond acceptors (Lipinski definition) is 3. The van der Waals surface area contributed by atoms with Crippen molar-refractivity contribution < 1.29 is 9.47 Å². The van der Waals surface area contributed by atoms with Gasteiger partial charge in [-0.2, -0.15) is 0 Å². The lowest BCUT2D eigenvalue weighted by molar-refractivity contribution is 0.0495. The monoisotopic (exact) mass is 263 g/mol. The molecule has 3 heteroatoms. The minimum absolute atomic E-state index is 0.310. The Morgan fingerprint density at radius 3 is 2.79 bits per heavy atom. The van der Waals surface area contributed by atoms with Gasteiger partial charge in [0.05, 0.1) is 6.61 Å². The van der Waals surface area contributed by atoms with E-state index < -0.39 is 0 Å². The van der Waals surface area contributed by atoms with Crippen molar-refractivity contribution in [3.05, 3.63) is 29.3 Å². The van der Waals surface area contributed by atoms with Crippen LogP contribution in [0.3, 0.4) is 0 Å². The van der Waals surface area contributed by atoms with E-state index in [1.807, 2.05) is 7.05 Å². The van der Waals surface area contributed by atoms with E-state index in [0.29, 0.717) is 12.0 Å². The van der Waals surface area contributed by atoms with Crippen LogP contribution in [-0.2, 0) is 4.74 Å². The highest BCUT2D eigenvalue weighted by atomic mass is 16.5. The minimum atomic E-state index is 0.310. The van der Waals surface area contributed by atoms with E-state index in [1.165, 1.54) is 11.1 Å². The third-order valence-electron chi connectivity index (χ3n) is 3.88. The Kier molecular flexibility index (Phi) is 5.23. The zero-order valence-corrected chi connectivity index (χ0v) is 12.2. The van der Waals surface area contributed by atoms with Crippen LogP contribution in [0.5, 0.6) is 5.75 Å². The molecule has 1 saturated heterocycles. The standard InChI is InChI=1S/C16H25NO2/c1-12-4-5-15(13(2)17-3)16(10-12)19-11-14-6-8-18-9-7-14/h4-5,10,13-14,17H,6-9,11H2,1-3H3. The molecule has 19 heavy (non-hydrogen) atoms. The molecule has 1 N–H and O–H groups in total. The number of hydrogen-bond donors (Lipinski definition) is 1. The summed E-state index contributed by atoms with van der Waals surface area (Å²) in [6.07, 6.45) is 2.23. The first-order chi connectivity index (χ1) is 9.20. The smallest absolute Gasteiger partial charge is 0.124 e. The molecule has 2 rings (SSSR count). The molecular weight excluding hydrogens is 238 g/mol. The Hall–Kier alpha value is -1.06.